The van der Waals surface area contributed by atoms with E-state index in [9.17, 15) is 4.79 Å². The largest absolute Gasteiger partial charge is 0.465 e. The Morgan fingerprint density at radius 1 is 1.30 bits per heavy atom. The molecule has 1 atom stereocenters. The molecule has 0 saturated carbocycles. The molecule has 1 unspecified atom stereocenters. The molecule has 0 aliphatic carbocycles. The summed E-state index contributed by atoms with van der Waals surface area (Å²) in [5.41, 5.74) is 0. The van der Waals surface area contributed by atoms with Crippen LogP contribution in [0.3, 0.4) is 0 Å². The van der Waals surface area contributed by atoms with E-state index in [0.717, 1.165) is 12.8 Å². The molecule has 2 heteroatoms. The molecule has 0 heterocycles. The van der Waals surface area contributed by atoms with E-state index in [1.54, 1.807) is 0 Å². The van der Waals surface area contributed by atoms with Crippen molar-refractivity contribution in [2.75, 3.05) is 0 Å². The summed E-state index contributed by atoms with van der Waals surface area (Å²) >= 11 is 0. The van der Waals surface area contributed by atoms with E-state index in [-0.39, 0.29) is 6.10 Å². The maximum absolute atomic E-state index is 9.84. The Bertz CT molecular complexity index is 89.3. The third-order valence-corrected chi connectivity index (χ3v) is 1.44. The first kappa shape index (κ1) is 9.47. The SMILES string of the molecule is CC(C)CCC(C)OC=O. The van der Waals surface area contributed by atoms with E-state index in [4.69, 9.17) is 4.74 Å². The number of carbonyl (C=O) groups excluding carboxylic acids is 1. The lowest BCUT2D eigenvalue weighted by atomic mass is 10.1. The van der Waals surface area contributed by atoms with Gasteiger partial charge in [0.1, 0.15) is 0 Å². The third kappa shape index (κ3) is 5.60. The molecule has 0 aliphatic rings. The van der Waals surface area contributed by atoms with Crippen LogP contribution in [0.5, 0.6) is 0 Å². The highest BCUT2D eigenvalue weighted by Crippen LogP contribution is 2.07. The summed E-state index contributed by atoms with van der Waals surface area (Å²) in [5.74, 6) is 0.692. The van der Waals surface area contributed by atoms with Crippen LogP contribution in [0.2, 0.25) is 0 Å². The summed E-state index contributed by atoms with van der Waals surface area (Å²) < 4.78 is 4.71. The average Bonchev–Trinajstić information content (AvgIpc) is 1.85. The van der Waals surface area contributed by atoms with Gasteiger partial charge in [-0.15, -0.1) is 0 Å². The molecule has 0 aliphatic heterocycles. The van der Waals surface area contributed by atoms with Crippen LogP contribution in [0.4, 0.5) is 0 Å². The number of hydrogen-bond donors (Lipinski definition) is 0. The van der Waals surface area contributed by atoms with E-state index >= 15 is 0 Å². The quantitative estimate of drug-likeness (QED) is 0.551. The maximum atomic E-state index is 9.84. The van der Waals surface area contributed by atoms with Crippen LogP contribution >= 0.6 is 0 Å². The third-order valence-electron chi connectivity index (χ3n) is 1.44. The minimum Gasteiger partial charge on any atom is -0.465 e. The molecular formula is C8H16O2. The molecule has 0 amide bonds. The maximum Gasteiger partial charge on any atom is 0.293 e. The summed E-state index contributed by atoms with van der Waals surface area (Å²) in [6, 6.07) is 0. The van der Waals surface area contributed by atoms with Crippen LogP contribution in [-0.4, -0.2) is 12.6 Å². The predicted octanol–water partition coefficient (Wildman–Crippen LogP) is 1.98. The van der Waals surface area contributed by atoms with Crippen LogP contribution in [0.15, 0.2) is 0 Å². The van der Waals surface area contributed by atoms with Crippen molar-refractivity contribution in [2.24, 2.45) is 5.92 Å². The zero-order valence-electron chi connectivity index (χ0n) is 6.96. The molecule has 0 N–H and O–H groups in total. The first-order valence-corrected chi connectivity index (χ1v) is 3.76. The van der Waals surface area contributed by atoms with Gasteiger partial charge in [0.05, 0.1) is 6.10 Å². The Morgan fingerprint density at radius 3 is 2.30 bits per heavy atom. The molecule has 0 rings (SSSR count). The Morgan fingerprint density at radius 2 is 1.90 bits per heavy atom. The molecule has 10 heavy (non-hydrogen) atoms. The molecule has 0 bridgehead atoms. The smallest absolute Gasteiger partial charge is 0.293 e. The van der Waals surface area contributed by atoms with E-state index in [2.05, 4.69) is 13.8 Å². The Kier molecular flexibility index (Phi) is 4.99. The predicted molar refractivity (Wildman–Crippen MR) is 40.7 cm³/mol. The summed E-state index contributed by atoms with van der Waals surface area (Å²) in [6.07, 6.45) is 2.17. The number of ether oxygens (including phenoxy) is 1. The van der Waals surface area contributed by atoms with Crippen molar-refractivity contribution < 1.29 is 9.53 Å². The van der Waals surface area contributed by atoms with Crippen molar-refractivity contribution >= 4 is 6.47 Å². The fraction of sp³-hybridized carbons (Fsp3) is 0.875. The molecule has 0 spiro atoms. The first-order valence-electron chi connectivity index (χ1n) is 3.76. The van der Waals surface area contributed by atoms with Crippen LogP contribution < -0.4 is 0 Å². The van der Waals surface area contributed by atoms with Gasteiger partial charge >= 0.3 is 0 Å². The second-order valence-corrected chi connectivity index (χ2v) is 3.01. The zero-order chi connectivity index (χ0) is 7.98. The van der Waals surface area contributed by atoms with E-state index in [1.165, 1.54) is 0 Å². The highest BCUT2D eigenvalue weighted by molar-refractivity contribution is 5.37. The van der Waals surface area contributed by atoms with E-state index < -0.39 is 0 Å². The van der Waals surface area contributed by atoms with Crippen LogP contribution in [0.1, 0.15) is 33.6 Å². The van der Waals surface area contributed by atoms with Crippen molar-refractivity contribution in [2.45, 2.75) is 39.7 Å². The summed E-state index contributed by atoms with van der Waals surface area (Å²) in [4.78, 5) is 9.84. The lowest BCUT2D eigenvalue weighted by Crippen LogP contribution is -2.07. The van der Waals surface area contributed by atoms with Gasteiger partial charge in [-0.2, -0.15) is 0 Å². The molecule has 0 saturated heterocycles. The Balaban J connectivity index is 3.20. The van der Waals surface area contributed by atoms with Crippen molar-refractivity contribution in [1.29, 1.82) is 0 Å². The van der Waals surface area contributed by atoms with Crippen molar-refractivity contribution in [3.63, 3.8) is 0 Å². The van der Waals surface area contributed by atoms with E-state index in [0.29, 0.717) is 12.4 Å². The summed E-state index contributed by atoms with van der Waals surface area (Å²) in [7, 11) is 0. The number of rotatable bonds is 5. The highest BCUT2D eigenvalue weighted by atomic mass is 16.5. The molecule has 0 aromatic carbocycles. The van der Waals surface area contributed by atoms with Crippen molar-refractivity contribution in [3.8, 4) is 0 Å². The minimum absolute atomic E-state index is 0.0832. The fourth-order valence-electron chi connectivity index (χ4n) is 0.731. The normalized spacial score (nSPS) is 13.2. The second kappa shape index (κ2) is 5.27. The Labute approximate surface area is 62.6 Å². The molecular weight excluding hydrogens is 128 g/mol. The minimum atomic E-state index is 0.0832. The second-order valence-electron chi connectivity index (χ2n) is 3.01. The van der Waals surface area contributed by atoms with Crippen molar-refractivity contribution in [3.05, 3.63) is 0 Å². The Hall–Kier alpha value is -0.530. The topological polar surface area (TPSA) is 26.3 Å². The first-order chi connectivity index (χ1) is 4.66. The van der Waals surface area contributed by atoms with Gasteiger partial charge < -0.3 is 4.74 Å². The molecule has 0 radical (unpaired) electrons. The fourth-order valence-corrected chi connectivity index (χ4v) is 0.731. The van der Waals surface area contributed by atoms with Gasteiger partial charge in [0.25, 0.3) is 6.47 Å². The van der Waals surface area contributed by atoms with Crippen molar-refractivity contribution in [1.82, 2.24) is 0 Å². The number of carbonyl (C=O) groups is 1. The highest BCUT2D eigenvalue weighted by Gasteiger charge is 2.02. The van der Waals surface area contributed by atoms with Gasteiger partial charge in [0.15, 0.2) is 0 Å². The van der Waals surface area contributed by atoms with Gasteiger partial charge in [0.2, 0.25) is 0 Å². The lowest BCUT2D eigenvalue weighted by molar-refractivity contribution is -0.133. The molecule has 60 valence electrons. The zero-order valence-corrected chi connectivity index (χ0v) is 6.96. The van der Waals surface area contributed by atoms with Gasteiger partial charge in [-0.05, 0) is 25.7 Å². The standard InChI is InChI=1S/C8H16O2/c1-7(2)4-5-8(3)10-6-9/h6-8H,4-5H2,1-3H3. The lowest BCUT2D eigenvalue weighted by Gasteiger charge is -2.09. The summed E-state index contributed by atoms with van der Waals surface area (Å²) in [5, 5.41) is 0. The van der Waals surface area contributed by atoms with Crippen LogP contribution in [-0.2, 0) is 9.53 Å². The van der Waals surface area contributed by atoms with Crippen LogP contribution in [0.25, 0.3) is 0 Å². The molecule has 0 aromatic heterocycles. The average molecular weight is 144 g/mol. The van der Waals surface area contributed by atoms with Crippen LogP contribution in [0, 0.1) is 5.92 Å². The molecule has 0 fully saturated rings. The number of hydrogen-bond acceptors (Lipinski definition) is 2. The van der Waals surface area contributed by atoms with Gasteiger partial charge in [0, 0.05) is 0 Å². The molecule has 0 aromatic rings. The van der Waals surface area contributed by atoms with Gasteiger partial charge in [-0.25, -0.2) is 0 Å². The molecule has 2 nitrogen and oxygen atoms in total. The van der Waals surface area contributed by atoms with Gasteiger partial charge in [-0.3, -0.25) is 4.79 Å². The monoisotopic (exact) mass is 144 g/mol. The van der Waals surface area contributed by atoms with E-state index in [1.807, 2.05) is 6.92 Å². The summed E-state index contributed by atoms with van der Waals surface area (Å²) in [6.45, 7) is 6.75. The van der Waals surface area contributed by atoms with Gasteiger partial charge in [-0.1, -0.05) is 13.8 Å².